The van der Waals surface area contributed by atoms with Gasteiger partial charge in [0.15, 0.2) is 9.84 Å². The standard InChI is InChI=1S/C13H17ClO2S/c1-10-4-2-3-5-12(10)13(8-14)11-6-7-17(15,16)9-11/h2-5,11,13H,6-9H2,1H3. The van der Waals surface area contributed by atoms with Crippen molar-refractivity contribution in [3.63, 3.8) is 0 Å². The van der Waals surface area contributed by atoms with E-state index in [0.29, 0.717) is 17.4 Å². The first-order chi connectivity index (χ1) is 8.03. The van der Waals surface area contributed by atoms with Crippen molar-refractivity contribution in [3.8, 4) is 0 Å². The van der Waals surface area contributed by atoms with Gasteiger partial charge in [-0.15, -0.1) is 11.6 Å². The Morgan fingerprint density at radius 3 is 2.65 bits per heavy atom. The summed E-state index contributed by atoms with van der Waals surface area (Å²) >= 11 is 6.05. The molecule has 2 atom stereocenters. The van der Waals surface area contributed by atoms with Crippen LogP contribution in [-0.2, 0) is 9.84 Å². The Kier molecular flexibility index (Phi) is 3.79. The highest BCUT2D eigenvalue weighted by Crippen LogP contribution is 2.35. The first-order valence-corrected chi connectivity index (χ1v) is 8.21. The Labute approximate surface area is 108 Å². The fraction of sp³-hybridized carbons (Fsp3) is 0.538. The Bertz CT molecular complexity index is 496. The van der Waals surface area contributed by atoms with Gasteiger partial charge in [0.1, 0.15) is 0 Å². The van der Waals surface area contributed by atoms with E-state index in [4.69, 9.17) is 11.6 Å². The Hall–Kier alpha value is -0.540. The highest BCUT2D eigenvalue weighted by atomic mass is 35.5. The molecule has 1 heterocycles. The van der Waals surface area contributed by atoms with Gasteiger partial charge in [-0.2, -0.15) is 0 Å². The topological polar surface area (TPSA) is 34.1 Å². The van der Waals surface area contributed by atoms with Crippen LogP contribution in [0.4, 0.5) is 0 Å². The third-order valence-corrected chi connectivity index (χ3v) is 5.72. The molecule has 2 unspecified atom stereocenters. The maximum Gasteiger partial charge on any atom is 0.150 e. The predicted molar refractivity (Wildman–Crippen MR) is 71.4 cm³/mol. The first kappa shape index (κ1) is 12.9. The summed E-state index contributed by atoms with van der Waals surface area (Å²) in [5, 5.41) is 0. The fourth-order valence-corrected chi connectivity index (χ4v) is 4.91. The van der Waals surface area contributed by atoms with Gasteiger partial charge in [-0.05, 0) is 30.4 Å². The van der Waals surface area contributed by atoms with Gasteiger partial charge >= 0.3 is 0 Å². The minimum atomic E-state index is -2.83. The lowest BCUT2D eigenvalue weighted by Crippen LogP contribution is -2.17. The summed E-state index contributed by atoms with van der Waals surface area (Å²) in [4.78, 5) is 0. The van der Waals surface area contributed by atoms with E-state index in [9.17, 15) is 8.42 Å². The fourth-order valence-electron chi connectivity index (χ4n) is 2.61. The van der Waals surface area contributed by atoms with Crippen LogP contribution < -0.4 is 0 Å². The van der Waals surface area contributed by atoms with Gasteiger partial charge in [0.05, 0.1) is 11.5 Å². The van der Waals surface area contributed by atoms with E-state index in [0.717, 1.165) is 6.42 Å². The van der Waals surface area contributed by atoms with Gasteiger partial charge in [0.25, 0.3) is 0 Å². The summed E-state index contributed by atoms with van der Waals surface area (Å²) in [5.41, 5.74) is 2.40. The van der Waals surface area contributed by atoms with Gasteiger partial charge in [-0.25, -0.2) is 8.42 Å². The van der Waals surface area contributed by atoms with E-state index >= 15 is 0 Å². The summed E-state index contributed by atoms with van der Waals surface area (Å²) in [6, 6.07) is 8.10. The molecule has 17 heavy (non-hydrogen) atoms. The second-order valence-corrected chi connectivity index (χ2v) is 7.32. The van der Waals surface area contributed by atoms with Crippen molar-refractivity contribution < 1.29 is 8.42 Å². The molecule has 0 aromatic heterocycles. The molecule has 2 nitrogen and oxygen atoms in total. The third-order valence-electron chi connectivity index (χ3n) is 3.59. The number of alkyl halides is 1. The monoisotopic (exact) mass is 272 g/mol. The molecular formula is C13H17ClO2S. The average molecular weight is 273 g/mol. The van der Waals surface area contributed by atoms with Gasteiger partial charge in [0.2, 0.25) is 0 Å². The molecular weight excluding hydrogens is 256 g/mol. The molecule has 1 aliphatic heterocycles. The average Bonchev–Trinajstić information content (AvgIpc) is 2.63. The molecule has 1 saturated heterocycles. The van der Waals surface area contributed by atoms with Crippen molar-refractivity contribution in [2.24, 2.45) is 5.92 Å². The number of hydrogen-bond donors (Lipinski definition) is 0. The number of halogens is 1. The SMILES string of the molecule is Cc1ccccc1C(CCl)C1CCS(=O)(=O)C1. The zero-order valence-electron chi connectivity index (χ0n) is 9.90. The lowest BCUT2D eigenvalue weighted by molar-refractivity contribution is 0.500. The molecule has 2 rings (SSSR count). The lowest BCUT2D eigenvalue weighted by atomic mass is 9.85. The van der Waals surface area contributed by atoms with E-state index in [2.05, 4.69) is 19.1 Å². The molecule has 1 aromatic carbocycles. The third kappa shape index (κ3) is 2.83. The zero-order valence-corrected chi connectivity index (χ0v) is 11.5. The van der Waals surface area contributed by atoms with Gasteiger partial charge in [0, 0.05) is 11.8 Å². The molecule has 0 aliphatic carbocycles. The smallest absolute Gasteiger partial charge is 0.150 e. The number of aryl methyl sites for hydroxylation is 1. The minimum Gasteiger partial charge on any atom is -0.229 e. The summed E-state index contributed by atoms with van der Waals surface area (Å²) in [7, 11) is -2.83. The van der Waals surface area contributed by atoms with Crippen LogP contribution in [0.2, 0.25) is 0 Å². The Morgan fingerprint density at radius 2 is 2.12 bits per heavy atom. The van der Waals surface area contributed by atoms with Crippen LogP contribution in [-0.4, -0.2) is 25.8 Å². The number of benzene rings is 1. The molecule has 0 amide bonds. The van der Waals surface area contributed by atoms with Crippen LogP contribution >= 0.6 is 11.6 Å². The Balaban J connectivity index is 2.26. The molecule has 1 aliphatic rings. The molecule has 0 bridgehead atoms. The summed E-state index contributed by atoms with van der Waals surface area (Å²) in [6.45, 7) is 2.05. The highest BCUT2D eigenvalue weighted by molar-refractivity contribution is 7.91. The summed E-state index contributed by atoms with van der Waals surface area (Å²) in [6.07, 6.45) is 0.744. The van der Waals surface area contributed by atoms with Crippen LogP contribution in [0.5, 0.6) is 0 Å². The van der Waals surface area contributed by atoms with Crippen molar-refractivity contribution in [2.45, 2.75) is 19.3 Å². The summed E-state index contributed by atoms with van der Waals surface area (Å²) in [5.74, 6) is 1.44. The van der Waals surface area contributed by atoms with Crippen LogP contribution in [0.1, 0.15) is 23.5 Å². The van der Waals surface area contributed by atoms with Crippen molar-refractivity contribution in [1.82, 2.24) is 0 Å². The molecule has 4 heteroatoms. The maximum absolute atomic E-state index is 11.5. The van der Waals surface area contributed by atoms with Crippen LogP contribution in [0, 0.1) is 12.8 Å². The second-order valence-electron chi connectivity index (χ2n) is 4.78. The van der Waals surface area contributed by atoms with Crippen LogP contribution in [0.15, 0.2) is 24.3 Å². The van der Waals surface area contributed by atoms with Crippen LogP contribution in [0.3, 0.4) is 0 Å². The minimum absolute atomic E-state index is 0.162. The van der Waals surface area contributed by atoms with Crippen LogP contribution in [0.25, 0.3) is 0 Å². The van der Waals surface area contributed by atoms with E-state index in [1.54, 1.807) is 0 Å². The number of rotatable bonds is 3. The number of sulfone groups is 1. The molecule has 1 aromatic rings. The first-order valence-electron chi connectivity index (χ1n) is 5.85. The Morgan fingerprint density at radius 1 is 1.41 bits per heavy atom. The predicted octanol–water partition coefficient (Wildman–Crippen LogP) is 2.75. The maximum atomic E-state index is 11.5. The van der Waals surface area contributed by atoms with Crippen molar-refractivity contribution in [1.29, 1.82) is 0 Å². The molecule has 0 radical (unpaired) electrons. The number of hydrogen-bond acceptors (Lipinski definition) is 2. The molecule has 0 saturated carbocycles. The lowest BCUT2D eigenvalue weighted by Gasteiger charge is -2.22. The van der Waals surface area contributed by atoms with Crippen molar-refractivity contribution in [2.75, 3.05) is 17.4 Å². The molecule has 0 spiro atoms. The van der Waals surface area contributed by atoms with E-state index in [-0.39, 0.29) is 11.8 Å². The zero-order chi connectivity index (χ0) is 12.5. The molecule has 0 N–H and O–H groups in total. The van der Waals surface area contributed by atoms with E-state index in [1.165, 1.54) is 11.1 Å². The van der Waals surface area contributed by atoms with E-state index in [1.807, 2.05) is 12.1 Å². The van der Waals surface area contributed by atoms with Gasteiger partial charge in [-0.1, -0.05) is 24.3 Å². The molecule has 94 valence electrons. The van der Waals surface area contributed by atoms with Gasteiger partial charge in [-0.3, -0.25) is 0 Å². The van der Waals surface area contributed by atoms with Crippen molar-refractivity contribution in [3.05, 3.63) is 35.4 Å². The van der Waals surface area contributed by atoms with Gasteiger partial charge < -0.3 is 0 Å². The highest BCUT2D eigenvalue weighted by Gasteiger charge is 2.34. The normalized spacial score (nSPS) is 24.7. The quantitative estimate of drug-likeness (QED) is 0.793. The van der Waals surface area contributed by atoms with E-state index < -0.39 is 9.84 Å². The largest absolute Gasteiger partial charge is 0.229 e. The molecule has 1 fully saturated rings. The summed E-state index contributed by atoms with van der Waals surface area (Å²) < 4.78 is 23.1. The second kappa shape index (κ2) is 4.99. The van der Waals surface area contributed by atoms with Crippen molar-refractivity contribution >= 4 is 21.4 Å².